The Morgan fingerprint density at radius 1 is 1.11 bits per heavy atom. The van der Waals surface area contributed by atoms with Crippen LogP contribution in [0.3, 0.4) is 0 Å². The van der Waals surface area contributed by atoms with Gasteiger partial charge in [0.15, 0.2) is 18.2 Å². The molecule has 0 aliphatic carbocycles. The molecule has 4 rings (SSSR count). The molecule has 1 aliphatic rings. The number of rotatable bonds is 8. The second-order valence-corrected chi connectivity index (χ2v) is 8.21. The molecule has 0 bridgehead atoms. The lowest BCUT2D eigenvalue weighted by Crippen LogP contribution is -2.45. The molecule has 36 heavy (non-hydrogen) atoms. The van der Waals surface area contributed by atoms with Crippen LogP contribution in [-0.2, 0) is 0 Å². The standard InChI is InChI=1S/C25H27FN8O2/c1-28-24(35)20-15-18(5-8-22(20)34-12-10-33(2)11-13-34)31-25-29-16-21(26)23(32-25)30-17-3-6-19(7-4-17)36-14-9-27/h3-8,15-16H,10-14H2,1-2H3,(H,28,35)(H2,29,30,31,32). The number of piperazine rings is 1. The number of hydrogen-bond acceptors (Lipinski definition) is 9. The zero-order valence-corrected chi connectivity index (χ0v) is 20.1. The van der Waals surface area contributed by atoms with Gasteiger partial charge >= 0.3 is 0 Å². The SMILES string of the molecule is CNC(=O)c1cc(Nc2ncc(F)c(Nc3ccc(OCC#N)cc3)n2)ccc1N1CCN(C)CC1. The van der Waals surface area contributed by atoms with Crippen LogP contribution >= 0.6 is 0 Å². The molecule has 0 radical (unpaired) electrons. The largest absolute Gasteiger partial charge is 0.479 e. The van der Waals surface area contributed by atoms with Crippen molar-refractivity contribution in [2.75, 3.05) is 62.4 Å². The molecule has 2 aromatic carbocycles. The van der Waals surface area contributed by atoms with E-state index in [1.807, 2.05) is 18.2 Å². The maximum Gasteiger partial charge on any atom is 0.253 e. The van der Waals surface area contributed by atoms with Gasteiger partial charge in [-0.1, -0.05) is 0 Å². The molecule has 3 aromatic rings. The van der Waals surface area contributed by atoms with Gasteiger partial charge in [-0.15, -0.1) is 0 Å². The highest BCUT2D eigenvalue weighted by Gasteiger charge is 2.20. The fourth-order valence-electron chi connectivity index (χ4n) is 3.78. The maximum absolute atomic E-state index is 14.4. The molecule has 0 spiro atoms. The minimum absolute atomic E-state index is 0.0150. The number of nitriles is 1. The van der Waals surface area contributed by atoms with Gasteiger partial charge < -0.3 is 30.5 Å². The van der Waals surface area contributed by atoms with Crippen LogP contribution in [0.1, 0.15) is 10.4 Å². The summed E-state index contributed by atoms with van der Waals surface area (Å²) in [7, 11) is 3.68. The van der Waals surface area contributed by atoms with Gasteiger partial charge in [0.25, 0.3) is 5.91 Å². The number of hydrogen-bond donors (Lipinski definition) is 3. The van der Waals surface area contributed by atoms with Gasteiger partial charge in [-0.2, -0.15) is 10.2 Å². The summed E-state index contributed by atoms with van der Waals surface area (Å²) in [6, 6.07) is 14.1. The highest BCUT2D eigenvalue weighted by atomic mass is 19.1. The van der Waals surface area contributed by atoms with Gasteiger partial charge in [-0.3, -0.25) is 4.79 Å². The molecular weight excluding hydrogens is 463 g/mol. The third-order valence-corrected chi connectivity index (χ3v) is 5.73. The molecule has 186 valence electrons. The summed E-state index contributed by atoms with van der Waals surface area (Å²) < 4.78 is 19.6. The van der Waals surface area contributed by atoms with E-state index >= 15 is 0 Å². The van der Waals surface area contributed by atoms with E-state index in [-0.39, 0.29) is 24.3 Å². The molecule has 2 heterocycles. The molecule has 11 heteroatoms. The Labute approximate surface area is 208 Å². The number of carbonyl (C=O) groups excluding carboxylic acids is 1. The molecule has 1 fully saturated rings. The Balaban J connectivity index is 1.52. The van der Waals surface area contributed by atoms with E-state index in [0.29, 0.717) is 22.7 Å². The lowest BCUT2D eigenvalue weighted by atomic mass is 10.1. The van der Waals surface area contributed by atoms with E-state index in [1.54, 1.807) is 37.4 Å². The molecule has 0 saturated carbocycles. The van der Waals surface area contributed by atoms with E-state index in [2.05, 4.69) is 42.8 Å². The number of anilines is 5. The van der Waals surface area contributed by atoms with Crippen molar-refractivity contribution in [3.05, 3.63) is 60.0 Å². The number of nitrogens with zero attached hydrogens (tertiary/aromatic N) is 5. The average molecular weight is 491 g/mol. The molecule has 3 N–H and O–H groups in total. The normalized spacial score (nSPS) is 13.6. The molecule has 0 atom stereocenters. The molecule has 0 unspecified atom stereocenters. The summed E-state index contributed by atoms with van der Waals surface area (Å²) in [6.45, 7) is 3.44. The quantitative estimate of drug-likeness (QED) is 0.438. The fourth-order valence-corrected chi connectivity index (χ4v) is 3.78. The van der Waals surface area contributed by atoms with E-state index in [1.165, 1.54) is 0 Å². The molecule has 1 aliphatic heterocycles. The Morgan fingerprint density at radius 3 is 2.53 bits per heavy atom. The number of halogens is 1. The van der Waals surface area contributed by atoms with Gasteiger partial charge in [0.1, 0.15) is 11.8 Å². The van der Waals surface area contributed by atoms with Gasteiger partial charge in [0.05, 0.1) is 11.8 Å². The maximum atomic E-state index is 14.4. The Morgan fingerprint density at radius 2 is 1.83 bits per heavy atom. The van der Waals surface area contributed by atoms with Crippen molar-refractivity contribution in [1.29, 1.82) is 5.26 Å². The summed E-state index contributed by atoms with van der Waals surface area (Å²) in [6.07, 6.45) is 1.07. The number of benzene rings is 2. The molecule has 1 saturated heterocycles. The van der Waals surface area contributed by atoms with Crippen LogP contribution in [0, 0.1) is 17.1 Å². The lowest BCUT2D eigenvalue weighted by molar-refractivity contribution is 0.0963. The van der Waals surface area contributed by atoms with Crippen LogP contribution in [0.2, 0.25) is 0 Å². The van der Waals surface area contributed by atoms with Crippen LogP contribution in [0.4, 0.5) is 33.2 Å². The van der Waals surface area contributed by atoms with Crippen LogP contribution in [-0.4, -0.2) is 67.7 Å². The number of ether oxygens (including phenoxy) is 1. The van der Waals surface area contributed by atoms with E-state index < -0.39 is 5.82 Å². The van der Waals surface area contributed by atoms with Crippen LogP contribution in [0.5, 0.6) is 5.75 Å². The van der Waals surface area contributed by atoms with Crippen molar-refractivity contribution in [3.63, 3.8) is 0 Å². The Bertz CT molecular complexity index is 1250. The van der Waals surface area contributed by atoms with Crippen molar-refractivity contribution in [2.24, 2.45) is 0 Å². The van der Waals surface area contributed by atoms with Gasteiger partial charge in [-0.25, -0.2) is 9.37 Å². The summed E-state index contributed by atoms with van der Waals surface area (Å²) in [4.78, 5) is 25.4. The fraction of sp³-hybridized carbons (Fsp3) is 0.280. The van der Waals surface area contributed by atoms with Gasteiger partial charge in [0.2, 0.25) is 5.95 Å². The molecule has 1 amide bonds. The van der Waals surface area contributed by atoms with Crippen molar-refractivity contribution < 1.29 is 13.9 Å². The van der Waals surface area contributed by atoms with E-state index in [0.717, 1.165) is 38.1 Å². The number of nitrogens with one attached hydrogen (secondary N) is 3. The minimum Gasteiger partial charge on any atom is -0.479 e. The first-order chi connectivity index (χ1) is 17.5. The Hall–Kier alpha value is -4.43. The molecule has 1 aromatic heterocycles. The summed E-state index contributed by atoms with van der Waals surface area (Å²) in [5.74, 6) is -0.139. The first-order valence-electron chi connectivity index (χ1n) is 11.4. The zero-order chi connectivity index (χ0) is 25.5. The van der Waals surface area contributed by atoms with Gasteiger partial charge in [0, 0.05) is 50.3 Å². The lowest BCUT2D eigenvalue weighted by Gasteiger charge is -2.35. The summed E-state index contributed by atoms with van der Waals surface area (Å²) >= 11 is 0. The second-order valence-electron chi connectivity index (χ2n) is 8.21. The van der Waals surface area contributed by atoms with Crippen LogP contribution in [0.25, 0.3) is 0 Å². The van der Waals surface area contributed by atoms with Crippen molar-refractivity contribution in [3.8, 4) is 11.8 Å². The topological polar surface area (TPSA) is 118 Å². The third-order valence-electron chi connectivity index (χ3n) is 5.73. The smallest absolute Gasteiger partial charge is 0.253 e. The first-order valence-corrected chi connectivity index (χ1v) is 11.4. The van der Waals surface area contributed by atoms with Crippen molar-refractivity contribution in [1.82, 2.24) is 20.2 Å². The number of likely N-dealkylation sites (N-methyl/N-ethyl adjacent to an activating group) is 1. The zero-order valence-electron chi connectivity index (χ0n) is 20.1. The predicted molar refractivity (Wildman–Crippen MR) is 136 cm³/mol. The number of carbonyl (C=O) groups is 1. The van der Waals surface area contributed by atoms with Gasteiger partial charge in [-0.05, 0) is 49.5 Å². The first kappa shape index (κ1) is 24.7. The van der Waals surface area contributed by atoms with Crippen molar-refractivity contribution >= 4 is 34.7 Å². The van der Waals surface area contributed by atoms with Crippen molar-refractivity contribution in [2.45, 2.75) is 0 Å². The number of amides is 1. The minimum atomic E-state index is -0.623. The molecular formula is C25H27FN8O2. The summed E-state index contributed by atoms with van der Waals surface area (Å²) in [5, 5.41) is 17.3. The average Bonchev–Trinajstić information content (AvgIpc) is 2.90. The van der Waals surface area contributed by atoms with Crippen LogP contribution in [0.15, 0.2) is 48.7 Å². The van der Waals surface area contributed by atoms with Crippen LogP contribution < -0.4 is 25.6 Å². The molecule has 10 nitrogen and oxygen atoms in total. The third kappa shape index (κ3) is 5.97. The summed E-state index contributed by atoms with van der Waals surface area (Å²) in [5.41, 5.74) is 2.58. The second kappa shape index (κ2) is 11.3. The Kier molecular flexibility index (Phi) is 7.77. The number of aromatic nitrogens is 2. The highest BCUT2D eigenvalue weighted by Crippen LogP contribution is 2.28. The highest BCUT2D eigenvalue weighted by molar-refractivity contribution is 6.00. The van der Waals surface area contributed by atoms with E-state index in [9.17, 15) is 9.18 Å². The monoisotopic (exact) mass is 490 g/mol. The van der Waals surface area contributed by atoms with E-state index in [4.69, 9.17) is 10.00 Å². The predicted octanol–water partition coefficient (Wildman–Crippen LogP) is 3.12.